The van der Waals surface area contributed by atoms with Crippen molar-refractivity contribution in [2.24, 2.45) is 0 Å². The first-order valence-electron chi connectivity index (χ1n) is 10.1. The highest BCUT2D eigenvalue weighted by atomic mass is 32.2. The number of aryl methyl sites for hydroxylation is 1. The molecule has 12 nitrogen and oxygen atoms in total. The fourth-order valence-corrected chi connectivity index (χ4v) is 4.40. The third kappa shape index (κ3) is 4.48. The second-order valence-electron chi connectivity index (χ2n) is 7.08. The Hall–Kier alpha value is -3.81. The third-order valence-corrected chi connectivity index (χ3v) is 6.41. The Morgan fingerprint density at radius 3 is 2.62 bits per heavy atom. The predicted octanol–water partition coefficient (Wildman–Crippen LogP) is 1.55. The minimum atomic E-state index is -3.84. The molecule has 0 radical (unpaired) electrons. The van der Waals surface area contributed by atoms with Gasteiger partial charge in [0.05, 0.1) is 36.9 Å². The van der Waals surface area contributed by atoms with E-state index in [4.69, 9.17) is 14.6 Å². The number of anilines is 2. The quantitative estimate of drug-likeness (QED) is 0.318. The zero-order valence-corrected chi connectivity index (χ0v) is 19.5. The summed E-state index contributed by atoms with van der Waals surface area (Å²) in [5.41, 5.74) is 1.77. The number of methoxy groups -OCH3 is 2. The Labute approximate surface area is 195 Å². The molecule has 0 spiro atoms. The number of aromatic nitrogens is 5. The lowest BCUT2D eigenvalue weighted by Gasteiger charge is -2.13. The van der Waals surface area contributed by atoms with Gasteiger partial charge in [-0.25, -0.2) is 32.8 Å². The number of benzene rings is 1. The van der Waals surface area contributed by atoms with Gasteiger partial charge in [0.1, 0.15) is 17.3 Å². The molecule has 3 aromatic heterocycles. The van der Waals surface area contributed by atoms with Crippen LogP contribution in [0.25, 0.3) is 16.6 Å². The molecule has 0 atom stereocenters. The number of hydrogen-bond acceptors (Lipinski definition) is 10. The van der Waals surface area contributed by atoms with Gasteiger partial charge in [-0.05, 0) is 25.1 Å². The van der Waals surface area contributed by atoms with E-state index in [1.165, 1.54) is 38.7 Å². The summed E-state index contributed by atoms with van der Waals surface area (Å²) in [6, 6.07) is 6.20. The summed E-state index contributed by atoms with van der Waals surface area (Å²) >= 11 is 0. The van der Waals surface area contributed by atoms with Gasteiger partial charge in [0.15, 0.2) is 5.82 Å². The summed E-state index contributed by atoms with van der Waals surface area (Å²) in [5, 5.41) is 17.4. The number of nitrogens with zero attached hydrogens (tertiary/aromatic N) is 5. The number of rotatable bonds is 9. The Morgan fingerprint density at radius 1 is 1.09 bits per heavy atom. The van der Waals surface area contributed by atoms with Crippen LogP contribution in [0.1, 0.15) is 5.69 Å². The monoisotopic (exact) mass is 485 g/mol. The summed E-state index contributed by atoms with van der Waals surface area (Å²) in [4.78, 5) is 12.8. The van der Waals surface area contributed by atoms with Crippen LogP contribution in [0.3, 0.4) is 0 Å². The summed E-state index contributed by atoms with van der Waals surface area (Å²) in [6.45, 7) is 1.42. The van der Waals surface area contributed by atoms with Crippen LogP contribution >= 0.6 is 0 Å². The lowest BCUT2D eigenvalue weighted by atomic mass is 10.2. The van der Waals surface area contributed by atoms with Crippen LogP contribution in [-0.4, -0.2) is 65.6 Å². The zero-order chi connectivity index (χ0) is 24.3. The second-order valence-corrected chi connectivity index (χ2v) is 8.85. The molecule has 0 fully saturated rings. The van der Waals surface area contributed by atoms with E-state index in [0.29, 0.717) is 40.2 Å². The van der Waals surface area contributed by atoms with E-state index in [1.807, 2.05) is 6.92 Å². The minimum Gasteiger partial charge on any atom is -0.494 e. The van der Waals surface area contributed by atoms with Crippen LogP contribution in [-0.2, 0) is 10.0 Å². The molecule has 0 aliphatic rings. The first-order chi connectivity index (χ1) is 16.4. The number of nitrogens with one attached hydrogen (secondary N) is 2. The topological polar surface area (TPSA) is 153 Å². The number of aliphatic hydroxyl groups excluding tert-OH is 1. The maximum Gasteiger partial charge on any atom is 0.257 e. The van der Waals surface area contributed by atoms with E-state index >= 15 is 0 Å². The average molecular weight is 486 g/mol. The van der Waals surface area contributed by atoms with Crippen molar-refractivity contribution >= 4 is 32.6 Å². The van der Waals surface area contributed by atoms with Crippen molar-refractivity contribution in [3.05, 3.63) is 48.5 Å². The van der Waals surface area contributed by atoms with Crippen molar-refractivity contribution in [3.8, 4) is 17.3 Å². The largest absolute Gasteiger partial charge is 0.494 e. The molecule has 0 bridgehead atoms. The molecular weight excluding hydrogens is 462 g/mol. The van der Waals surface area contributed by atoms with Gasteiger partial charge in [-0.15, -0.1) is 0 Å². The average Bonchev–Trinajstić information content (AvgIpc) is 3.18. The van der Waals surface area contributed by atoms with Crippen LogP contribution in [0.5, 0.6) is 11.6 Å². The van der Waals surface area contributed by atoms with Crippen molar-refractivity contribution in [2.45, 2.75) is 11.8 Å². The molecule has 0 aliphatic carbocycles. The van der Waals surface area contributed by atoms with E-state index in [9.17, 15) is 8.42 Å². The fourth-order valence-electron chi connectivity index (χ4n) is 3.36. The summed E-state index contributed by atoms with van der Waals surface area (Å²) in [7, 11) is -0.858. The maximum absolute atomic E-state index is 12.6. The Morgan fingerprint density at radius 2 is 1.88 bits per heavy atom. The maximum atomic E-state index is 12.6. The number of aliphatic hydroxyl groups is 1. The molecule has 0 unspecified atom stereocenters. The molecule has 0 saturated heterocycles. The fraction of sp³-hybridized carbons (Fsp3) is 0.238. The lowest BCUT2D eigenvalue weighted by molar-refractivity contribution is 0.301. The van der Waals surface area contributed by atoms with E-state index in [2.05, 4.69) is 30.1 Å². The standard InChI is InChI=1S/C21H23N7O5S/c1-13-15-12-24-19(26-20-21(33-3)23-7-6-22-20)11-16(15)28(27-13)17-10-14(4-5-18(17)32-2)34(30,31)25-8-9-29/h4-7,10-12,25,29H,8-9H2,1-3H3,(H,22,24,26). The molecular formula is C21H23N7O5S. The molecule has 0 aliphatic heterocycles. The van der Waals surface area contributed by atoms with Crippen LogP contribution in [0, 0.1) is 6.92 Å². The van der Waals surface area contributed by atoms with E-state index in [-0.39, 0.29) is 18.0 Å². The van der Waals surface area contributed by atoms with E-state index in [1.54, 1.807) is 23.0 Å². The normalized spacial score (nSPS) is 11.5. The van der Waals surface area contributed by atoms with Gasteiger partial charge in [0.25, 0.3) is 5.88 Å². The lowest BCUT2D eigenvalue weighted by Crippen LogP contribution is -2.26. The third-order valence-electron chi connectivity index (χ3n) is 4.95. The van der Waals surface area contributed by atoms with Crippen LogP contribution < -0.4 is 19.5 Å². The van der Waals surface area contributed by atoms with Crippen LogP contribution in [0.4, 0.5) is 11.6 Å². The van der Waals surface area contributed by atoms with Crippen molar-refractivity contribution < 1.29 is 23.0 Å². The first-order valence-corrected chi connectivity index (χ1v) is 11.6. The summed E-state index contributed by atoms with van der Waals surface area (Å²) in [6.07, 6.45) is 4.70. The van der Waals surface area contributed by atoms with Gasteiger partial charge in [0, 0.05) is 36.6 Å². The molecule has 3 heterocycles. The number of pyridine rings is 1. The zero-order valence-electron chi connectivity index (χ0n) is 18.7. The van der Waals surface area contributed by atoms with E-state index in [0.717, 1.165) is 5.39 Å². The van der Waals surface area contributed by atoms with Crippen LogP contribution in [0.15, 0.2) is 47.8 Å². The van der Waals surface area contributed by atoms with Crippen molar-refractivity contribution in [3.63, 3.8) is 0 Å². The van der Waals surface area contributed by atoms with Crippen molar-refractivity contribution in [2.75, 3.05) is 32.7 Å². The highest BCUT2D eigenvalue weighted by Gasteiger charge is 2.20. The van der Waals surface area contributed by atoms with Gasteiger partial charge in [-0.1, -0.05) is 0 Å². The van der Waals surface area contributed by atoms with Gasteiger partial charge in [-0.3, -0.25) is 0 Å². The predicted molar refractivity (Wildman–Crippen MR) is 124 cm³/mol. The number of hydrogen-bond donors (Lipinski definition) is 3. The highest BCUT2D eigenvalue weighted by Crippen LogP contribution is 2.31. The Kier molecular flexibility index (Phi) is 6.58. The SMILES string of the molecule is COc1ccc(S(=O)(=O)NCCO)cc1-n1nc(C)c2cnc(Nc3nccnc3OC)cc21. The van der Waals surface area contributed by atoms with Crippen molar-refractivity contribution in [1.82, 2.24) is 29.5 Å². The van der Waals surface area contributed by atoms with Crippen LogP contribution in [0.2, 0.25) is 0 Å². The van der Waals surface area contributed by atoms with E-state index < -0.39 is 10.0 Å². The second kappa shape index (κ2) is 9.59. The first kappa shape index (κ1) is 23.4. The Bertz CT molecular complexity index is 1440. The molecule has 0 saturated carbocycles. The van der Waals surface area contributed by atoms with Gasteiger partial charge < -0.3 is 19.9 Å². The molecule has 3 N–H and O–H groups in total. The van der Waals surface area contributed by atoms with Gasteiger partial charge >= 0.3 is 0 Å². The molecule has 178 valence electrons. The van der Waals surface area contributed by atoms with Gasteiger partial charge in [0.2, 0.25) is 10.0 Å². The summed E-state index contributed by atoms with van der Waals surface area (Å²) < 4.78 is 39.9. The number of fused-ring (bicyclic) bond motifs is 1. The molecule has 13 heteroatoms. The smallest absolute Gasteiger partial charge is 0.257 e. The number of ether oxygens (including phenoxy) is 2. The van der Waals surface area contributed by atoms with Gasteiger partial charge in [-0.2, -0.15) is 5.10 Å². The Balaban J connectivity index is 1.83. The molecule has 4 aromatic rings. The summed E-state index contributed by atoms with van der Waals surface area (Å²) in [5.74, 6) is 1.58. The molecule has 4 rings (SSSR count). The molecule has 1 aromatic carbocycles. The van der Waals surface area contributed by atoms with Crippen molar-refractivity contribution in [1.29, 1.82) is 0 Å². The molecule has 0 amide bonds. The minimum absolute atomic E-state index is 0.00903. The molecule has 34 heavy (non-hydrogen) atoms. The highest BCUT2D eigenvalue weighted by molar-refractivity contribution is 7.89. The number of sulfonamides is 1.